The molecule has 1 heterocycles. The number of carbonyl (C=O) groups is 1. The predicted octanol–water partition coefficient (Wildman–Crippen LogP) is -2.03. The van der Waals surface area contributed by atoms with Crippen molar-refractivity contribution >= 4 is 5.91 Å². The first-order chi connectivity index (χ1) is 4.30. The molecule has 0 spiro atoms. The summed E-state index contributed by atoms with van der Waals surface area (Å²) in [5, 5.41) is 0. The summed E-state index contributed by atoms with van der Waals surface area (Å²) in [4.78, 5) is 10.4. The molecule has 1 atom stereocenters. The molecule has 1 unspecified atom stereocenters. The molecule has 0 bridgehead atoms. The van der Waals surface area contributed by atoms with Crippen LogP contribution in [0.4, 0.5) is 0 Å². The topological polar surface area (TPSA) is 79.2 Å². The van der Waals surface area contributed by atoms with E-state index in [9.17, 15) is 4.79 Å². The number of amides is 1. The summed E-state index contributed by atoms with van der Waals surface area (Å²) >= 11 is 0. The van der Waals surface area contributed by atoms with E-state index in [1.165, 1.54) is 0 Å². The molecular weight excluding hydrogens is 120 g/mol. The van der Waals surface area contributed by atoms with Crippen molar-refractivity contribution in [3.05, 3.63) is 12.3 Å². The summed E-state index contributed by atoms with van der Waals surface area (Å²) in [5.74, 6) is -0.403. The lowest BCUT2D eigenvalue weighted by molar-refractivity contribution is -0.119. The molecule has 0 aromatic carbocycles. The number of hydrogen-bond donors (Lipinski definition) is 4. The van der Waals surface area contributed by atoms with Crippen molar-refractivity contribution in [3.8, 4) is 0 Å². The van der Waals surface area contributed by atoms with Gasteiger partial charge in [0.25, 0.3) is 0 Å². The zero-order valence-electron chi connectivity index (χ0n) is 4.72. The molecule has 9 heavy (non-hydrogen) atoms. The number of rotatable bonds is 1. The molecule has 0 aromatic heterocycles. The van der Waals surface area contributed by atoms with Crippen LogP contribution in [0.5, 0.6) is 0 Å². The molecule has 5 N–H and O–H groups in total. The van der Waals surface area contributed by atoms with Crippen LogP contribution >= 0.6 is 0 Å². The first-order valence-corrected chi connectivity index (χ1v) is 2.53. The van der Waals surface area contributed by atoms with Gasteiger partial charge in [-0.25, -0.2) is 5.43 Å². The Morgan fingerprint density at radius 2 is 2.44 bits per heavy atom. The average molecular weight is 128 g/mol. The zero-order valence-corrected chi connectivity index (χ0v) is 4.72. The minimum Gasteiger partial charge on any atom is -0.368 e. The Bertz CT molecular complexity index is 144. The molecule has 0 saturated heterocycles. The van der Waals surface area contributed by atoms with Crippen LogP contribution in [0.25, 0.3) is 0 Å². The van der Waals surface area contributed by atoms with Gasteiger partial charge in [-0.2, -0.15) is 5.53 Å². The Hall–Kier alpha value is -1.07. The van der Waals surface area contributed by atoms with Gasteiger partial charge in [0.15, 0.2) is 0 Å². The number of carbonyl (C=O) groups excluding carboxylic acids is 1. The summed E-state index contributed by atoms with van der Waals surface area (Å²) < 4.78 is 0. The van der Waals surface area contributed by atoms with Gasteiger partial charge in [0.05, 0.1) is 0 Å². The van der Waals surface area contributed by atoms with Crippen molar-refractivity contribution in [3.63, 3.8) is 0 Å². The lowest BCUT2D eigenvalue weighted by Crippen LogP contribution is -2.54. The van der Waals surface area contributed by atoms with Gasteiger partial charge in [-0.1, -0.05) is 0 Å². The van der Waals surface area contributed by atoms with E-state index in [1.807, 2.05) is 0 Å². The Labute approximate surface area is 52.2 Å². The summed E-state index contributed by atoms with van der Waals surface area (Å²) in [6, 6.07) is -0.411. The fraction of sp³-hybridized carbons (Fsp3) is 0.250. The third-order valence-electron chi connectivity index (χ3n) is 0.978. The lowest BCUT2D eigenvalue weighted by Gasteiger charge is -2.16. The van der Waals surface area contributed by atoms with E-state index in [4.69, 9.17) is 5.73 Å². The molecule has 5 nitrogen and oxygen atoms in total. The van der Waals surface area contributed by atoms with Gasteiger partial charge in [0, 0.05) is 6.20 Å². The molecule has 0 fully saturated rings. The van der Waals surface area contributed by atoms with Gasteiger partial charge in [0.2, 0.25) is 5.91 Å². The van der Waals surface area contributed by atoms with Crippen molar-refractivity contribution in [2.45, 2.75) is 6.04 Å². The average Bonchev–Trinajstić information content (AvgIpc) is 1.90. The third-order valence-corrected chi connectivity index (χ3v) is 0.978. The standard InChI is InChI=1S/C4H8N4O/c5-4(9)3-1-2-6-8-7-3/h1-3,6-8H,(H2,5,9). The maximum absolute atomic E-state index is 10.4. The van der Waals surface area contributed by atoms with E-state index in [0.29, 0.717) is 0 Å². The summed E-state index contributed by atoms with van der Waals surface area (Å²) in [5.41, 5.74) is 12.7. The monoisotopic (exact) mass is 128 g/mol. The molecule has 1 aliphatic rings. The number of hydrogen-bond acceptors (Lipinski definition) is 4. The molecule has 50 valence electrons. The van der Waals surface area contributed by atoms with E-state index in [-0.39, 0.29) is 0 Å². The Morgan fingerprint density at radius 1 is 1.67 bits per heavy atom. The van der Waals surface area contributed by atoms with E-state index in [1.54, 1.807) is 12.3 Å². The van der Waals surface area contributed by atoms with Crippen LogP contribution in [0, 0.1) is 0 Å². The molecule has 0 saturated carbocycles. The molecule has 0 aliphatic carbocycles. The number of nitrogens with one attached hydrogen (secondary N) is 3. The minimum absolute atomic E-state index is 0.403. The smallest absolute Gasteiger partial charge is 0.239 e. The van der Waals surface area contributed by atoms with Crippen LogP contribution < -0.4 is 22.1 Å². The van der Waals surface area contributed by atoms with Crippen LogP contribution in [-0.4, -0.2) is 11.9 Å². The second kappa shape index (κ2) is 2.47. The minimum atomic E-state index is -0.411. The normalized spacial score (nSPS) is 25.1. The predicted molar refractivity (Wildman–Crippen MR) is 31.5 cm³/mol. The van der Waals surface area contributed by atoms with Crippen LogP contribution in [0.1, 0.15) is 0 Å². The molecule has 1 aliphatic heterocycles. The summed E-state index contributed by atoms with van der Waals surface area (Å²) in [7, 11) is 0. The van der Waals surface area contributed by atoms with E-state index >= 15 is 0 Å². The fourth-order valence-electron chi connectivity index (χ4n) is 0.520. The van der Waals surface area contributed by atoms with Crippen molar-refractivity contribution < 1.29 is 4.79 Å². The quantitative estimate of drug-likeness (QED) is 0.328. The van der Waals surface area contributed by atoms with Crippen molar-refractivity contribution in [1.29, 1.82) is 0 Å². The van der Waals surface area contributed by atoms with Crippen molar-refractivity contribution in [1.82, 2.24) is 16.4 Å². The highest BCUT2D eigenvalue weighted by Gasteiger charge is 2.11. The van der Waals surface area contributed by atoms with E-state index in [0.717, 1.165) is 0 Å². The third kappa shape index (κ3) is 1.41. The Kier molecular flexibility index (Phi) is 1.66. The summed E-state index contributed by atoms with van der Waals surface area (Å²) in [6.07, 6.45) is 3.23. The maximum atomic E-state index is 10.4. The zero-order chi connectivity index (χ0) is 6.69. The number of nitrogens with two attached hydrogens (primary N) is 1. The molecule has 0 radical (unpaired) electrons. The highest BCUT2D eigenvalue weighted by atomic mass is 16.1. The first-order valence-electron chi connectivity index (χ1n) is 2.53. The van der Waals surface area contributed by atoms with Gasteiger partial charge >= 0.3 is 0 Å². The molecule has 1 rings (SSSR count). The van der Waals surface area contributed by atoms with Gasteiger partial charge in [0.1, 0.15) is 6.04 Å². The number of primary amides is 1. The van der Waals surface area contributed by atoms with E-state index in [2.05, 4.69) is 16.4 Å². The van der Waals surface area contributed by atoms with Gasteiger partial charge in [-0.3, -0.25) is 4.79 Å². The van der Waals surface area contributed by atoms with Crippen molar-refractivity contribution in [2.24, 2.45) is 5.73 Å². The largest absolute Gasteiger partial charge is 0.368 e. The van der Waals surface area contributed by atoms with Crippen molar-refractivity contribution in [2.75, 3.05) is 0 Å². The maximum Gasteiger partial charge on any atom is 0.239 e. The lowest BCUT2D eigenvalue weighted by atomic mass is 10.3. The van der Waals surface area contributed by atoms with Crippen LogP contribution in [-0.2, 0) is 4.79 Å². The molecule has 5 heteroatoms. The highest BCUT2D eigenvalue weighted by Crippen LogP contribution is 1.83. The first kappa shape index (κ1) is 6.06. The SMILES string of the molecule is NC(=O)C1C=CNNN1. The highest BCUT2D eigenvalue weighted by molar-refractivity contribution is 5.81. The molecular formula is C4H8N4O. The second-order valence-corrected chi connectivity index (χ2v) is 1.65. The van der Waals surface area contributed by atoms with E-state index < -0.39 is 11.9 Å². The van der Waals surface area contributed by atoms with Crippen LogP contribution in [0.2, 0.25) is 0 Å². The van der Waals surface area contributed by atoms with Gasteiger partial charge in [-0.15, -0.1) is 0 Å². The number of hydrazine groups is 2. The van der Waals surface area contributed by atoms with Gasteiger partial charge < -0.3 is 11.2 Å². The summed E-state index contributed by atoms with van der Waals surface area (Å²) in [6.45, 7) is 0. The fourth-order valence-corrected chi connectivity index (χ4v) is 0.520. The Morgan fingerprint density at radius 3 is 2.78 bits per heavy atom. The molecule has 1 amide bonds. The molecule has 0 aromatic rings. The van der Waals surface area contributed by atoms with Gasteiger partial charge in [-0.05, 0) is 6.08 Å². The van der Waals surface area contributed by atoms with Crippen LogP contribution in [0.15, 0.2) is 12.3 Å². The van der Waals surface area contributed by atoms with Crippen LogP contribution in [0.3, 0.4) is 0 Å². The Balaban J connectivity index is 2.50. The second-order valence-electron chi connectivity index (χ2n) is 1.65.